The van der Waals surface area contributed by atoms with Crippen LogP contribution in [0, 0.1) is 11.3 Å². The van der Waals surface area contributed by atoms with E-state index in [1.165, 1.54) is 5.56 Å². The number of fused-ring (bicyclic) bond motifs is 2. The molecule has 0 radical (unpaired) electrons. The molecule has 2 aromatic rings. The van der Waals surface area contributed by atoms with Crippen molar-refractivity contribution in [2.45, 2.75) is 20.0 Å². The van der Waals surface area contributed by atoms with Gasteiger partial charge in [0.05, 0.1) is 6.61 Å². The van der Waals surface area contributed by atoms with Gasteiger partial charge in [0.25, 0.3) is 5.91 Å². The van der Waals surface area contributed by atoms with Crippen molar-refractivity contribution >= 4 is 5.91 Å². The van der Waals surface area contributed by atoms with E-state index in [0.717, 1.165) is 37.7 Å². The molecule has 1 amide bonds. The zero-order valence-electron chi connectivity index (χ0n) is 17.3. The molecule has 8 heteroatoms. The fourth-order valence-electron chi connectivity index (χ4n) is 5.05. The third-order valence-corrected chi connectivity index (χ3v) is 6.63. The number of ether oxygens (including phenoxy) is 2. The maximum Gasteiger partial charge on any atom is 0.274 e. The number of nitrogens with zero attached hydrogens (tertiary/aromatic N) is 4. The van der Waals surface area contributed by atoms with E-state index in [2.05, 4.69) is 16.1 Å². The number of likely N-dealkylation sites (tertiary alicyclic amines) is 2. The second-order valence-electron chi connectivity index (χ2n) is 8.61. The lowest BCUT2D eigenvalue weighted by molar-refractivity contribution is 0.0712. The molecule has 2 fully saturated rings. The third kappa shape index (κ3) is 3.33. The van der Waals surface area contributed by atoms with Crippen LogP contribution in [-0.4, -0.2) is 76.6 Å². The first-order valence-electron chi connectivity index (χ1n) is 10.6. The summed E-state index contributed by atoms with van der Waals surface area (Å²) in [6.07, 6.45) is 1.83. The standard InChI is InChI=1S/C22H28N4O4/c1-2-26-6-5-18(23-26)21(28)25-12-17-11-24(13-22(17,14-25)15-27)10-16-3-4-19-20(9-16)30-8-7-29-19/h3-6,9,17,27H,2,7-8,10-15H2,1H3/t17-,22+/m0/s1. The maximum atomic E-state index is 12.9. The van der Waals surface area contributed by atoms with Crippen LogP contribution >= 0.6 is 0 Å². The largest absolute Gasteiger partial charge is 0.486 e. The predicted octanol–water partition coefficient (Wildman–Crippen LogP) is 1.24. The molecule has 0 spiro atoms. The molecule has 0 saturated carbocycles. The van der Waals surface area contributed by atoms with Gasteiger partial charge in [-0.15, -0.1) is 0 Å². The summed E-state index contributed by atoms with van der Waals surface area (Å²) in [4.78, 5) is 17.1. The summed E-state index contributed by atoms with van der Waals surface area (Å²) < 4.78 is 13.1. The summed E-state index contributed by atoms with van der Waals surface area (Å²) in [5.41, 5.74) is 1.39. The fraction of sp³-hybridized carbons (Fsp3) is 0.545. The van der Waals surface area contributed by atoms with Gasteiger partial charge in [-0.1, -0.05) is 6.07 Å². The Morgan fingerprint density at radius 3 is 2.77 bits per heavy atom. The predicted molar refractivity (Wildman–Crippen MR) is 110 cm³/mol. The second kappa shape index (κ2) is 7.59. The van der Waals surface area contributed by atoms with Crippen LogP contribution in [0.3, 0.4) is 0 Å². The van der Waals surface area contributed by atoms with Crippen molar-refractivity contribution in [2.24, 2.45) is 11.3 Å². The van der Waals surface area contributed by atoms with E-state index < -0.39 is 0 Å². The molecule has 3 aliphatic rings. The molecule has 30 heavy (non-hydrogen) atoms. The van der Waals surface area contributed by atoms with Crippen LogP contribution in [-0.2, 0) is 13.1 Å². The molecule has 2 saturated heterocycles. The van der Waals surface area contributed by atoms with Gasteiger partial charge < -0.3 is 19.5 Å². The van der Waals surface area contributed by atoms with Crippen LogP contribution in [0.4, 0.5) is 0 Å². The van der Waals surface area contributed by atoms with Crippen molar-refractivity contribution in [1.82, 2.24) is 19.6 Å². The number of aliphatic hydroxyl groups excluding tert-OH is 1. The van der Waals surface area contributed by atoms with Crippen LogP contribution in [0.1, 0.15) is 23.0 Å². The Labute approximate surface area is 176 Å². The van der Waals surface area contributed by atoms with E-state index in [4.69, 9.17) is 9.47 Å². The third-order valence-electron chi connectivity index (χ3n) is 6.63. The number of carbonyl (C=O) groups is 1. The van der Waals surface area contributed by atoms with Gasteiger partial charge >= 0.3 is 0 Å². The Kier molecular flexibility index (Phi) is 4.91. The summed E-state index contributed by atoms with van der Waals surface area (Å²) in [5.74, 6) is 1.83. The van der Waals surface area contributed by atoms with Gasteiger partial charge in [-0.3, -0.25) is 14.4 Å². The minimum absolute atomic E-state index is 0.0391. The first-order valence-corrected chi connectivity index (χ1v) is 10.6. The lowest BCUT2D eigenvalue weighted by atomic mass is 9.82. The van der Waals surface area contributed by atoms with Gasteiger partial charge in [-0.25, -0.2) is 0 Å². The Hall–Kier alpha value is -2.58. The number of hydrogen-bond donors (Lipinski definition) is 1. The lowest BCUT2D eigenvalue weighted by Crippen LogP contribution is -2.39. The minimum Gasteiger partial charge on any atom is -0.486 e. The Balaban J connectivity index is 1.26. The number of rotatable bonds is 5. The molecule has 0 unspecified atom stereocenters. The highest BCUT2D eigenvalue weighted by molar-refractivity contribution is 5.92. The monoisotopic (exact) mass is 412 g/mol. The SMILES string of the molecule is CCn1ccc(C(=O)N2C[C@@H]3CN(Cc4ccc5c(c4)OCCO5)C[C@]3(CO)C2)n1. The Morgan fingerprint density at radius 1 is 1.20 bits per heavy atom. The first-order chi connectivity index (χ1) is 14.6. The topological polar surface area (TPSA) is 80.1 Å². The van der Waals surface area contributed by atoms with Crippen LogP contribution in [0.2, 0.25) is 0 Å². The summed E-state index contributed by atoms with van der Waals surface area (Å²) in [6, 6.07) is 7.87. The van der Waals surface area contributed by atoms with E-state index in [1.807, 2.05) is 30.2 Å². The first kappa shape index (κ1) is 19.4. The molecule has 5 rings (SSSR count). The molecule has 4 heterocycles. The van der Waals surface area contributed by atoms with E-state index in [0.29, 0.717) is 32.0 Å². The fourth-order valence-corrected chi connectivity index (χ4v) is 5.05. The highest BCUT2D eigenvalue weighted by atomic mass is 16.6. The molecule has 1 N–H and O–H groups in total. The highest BCUT2D eigenvalue weighted by Gasteiger charge is 2.53. The quantitative estimate of drug-likeness (QED) is 0.796. The average Bonchev–Trinajstić information content (AvgIpc) is 3.46. The van der Waals surface area contributed by atoms with Crippen molar-refractivity contribution in [1.29, 1.82) is 0 Å². The lowest BCUT2D eigenvalue weighted by Gasteiger charge is -2.27. The summed E-state index contributed by atoms with van der Waals surface area (Å²) in [5, 5.41) is 14.6. The molecule has 3 aliphatic heterocycles. The zero-order chi connectivity index (χ0) is 20.7. The van der Waals surface area contributed by atoms with E-state index in [-0.39, 0.29) is 23.8 Å². The van der Waals surface area contributed by atoms with E-state index >= 15 is 0 Å². The molecule has 160 valence electrons. The number of aromatic nitrogens is 2. The number of carbonyl (C=O) groups excluding carboxylic acids is 1. The number of aliphatic hydroxyl groups is 1. The minimum atomic E-state index is -0.267. The van der Waals surface area contributed by atoms with Crippen molar-refractivity contribution in [2.75, 3.05) is 46.0 Å². The molecule has 0 aliphatic carbocycles. The molecule has 8 nitrogen and oxygen atoms in total. The highest BCUT2D eigenvalue weighted by Crippen LogP contribution is 2.43. The Bertz CT molecular complexity index is 945. The molecular formula is C22H28N4O4. The van der Waals surface area contributed by atoms with Gasteiger partial charge in [0, 0.05) is 50.9 Å². The summed E-state index contributed by atoms with van der Waals surface area (Å²) in [6.45, 7) is 7.66. The van der Waals surface area contributed by atoms with E-state index in [9.17, 15) is 9.90 Å². The Morgan fingerprint density at radius 2 is 2.03 bits per heavy atom. The molecule has 1 aromatic heterocycles. The van der Waals surface area contributed by atoms with Gasteiger partial charge in [0.1, 0.15) is 18.9 Å². The summed E-state index contributed by atoms with van der Waals surface area (Å²) >= 11 is 0. The van der Waals surface area contributed by atoms with E-state index in [1.54, 1.807) is 10.7 Å². The summed E-state index contributed by atoms with van der Waals surface area (Å²) in [7, 11) is 0. The van der Waals surface area contributed by atoms with Gasteiger partial charge in [0.15, 0.2) is 11.5 Å². The zero-order valence-corrected chi connectivity index (χ0v) is 17.3. The maximum absolute atomic E-state index is 12.9. The smallest absolute Gasteiger partial charge is 0.274 e. The molecule has 2 atom stereocenters. The number of benzene rings is 1. The number of amides is 1. The number of aryl methyl sites for hydroxylation is 1. The second-order valence-corrected chi connectivity index (χ2v) is 8.61. The van der Waals surface area contributed by atoms with Gasteiger partial charge in [0.2, 0.25) is 0 Å². The van der Waals surface area contributed by atoms with Crippen molar-refractivity contribution in [3.8, 4) is 11.5 Å². The van der Waals surface area contributed by atoms with Crippen LogP contribution in [0.25, 0.3) is 0 Å². The molecular weight excluding hydrogens is 384 g/mol. The number of hydrogen-bond acceptors (Lipinski definition) is 6. The van der Waals surface area contributed by atoms with Gasteiger partial charge in [-0.05, 0) is 36.6 Å². The van der Waals surface area contributed by atoms with Crippen LogP contribution in [0.5, 0.6) is 11.5 Å². The van der Waals surface area contributed by atoms with Crippen LogP contribution < -0.4 is 9.47 Å². The normalized spacial score (nSPS) is 25.5. The molecule has 0 bridgehead atoms. The van der Waals surface area contributed by atoms with Gasteiger partial charge in [-0.2, -0.15) is 5.10 Å². The van der Waals surface area contributed by atoms with Crippen molar-refractivity contribution in [3.63, 3.8) is 0 Å². The average molecular weight is 412 g/mol. The molecule has 1 aromatic carbocycles. The van der Waals surface area contributed by atoms with Crippen molar-refractivity contribution in [3.05, 3.63) is 41.7 Å². The van der Waals surface area contributed by atoms with Crippen molar-refractivity contribution < 1.29 is 19.4 Å². The van der Waals surface area contributed by atoms with Crippen LogP contribution in [0.15, 0.2) is 30.5 Å².